The summed E-state index contributed by atoms with van der Waals surface area (Å²) in [6, 6.07) is 16.0. The molecule has 0 radical (unpaired) electrons. The Morgan fingerprint density at radius 1 is 1.05 bits per heavy atom. The Bertz CT molecular complexity index is 709. The molecule has 1 heterocycles. The fourth-order valence-electron chi connectivity index (χ4n) is 2.25. The number of hydrogen-bond acceptors (Lipinski definition) is 3. The van der Waals surface area contributed by atoms with Crippen LogP contribution in [0.2, 0.25) is 0 Å². The minimum atomic E-state index is 0.760. The summed E-state index contributed by atoms with van der Waals surface area (Å²) in [6.45, 7) is 2.03. The average Bonchev–Trinajstić information content (AvgIpc) is 2.38. The van der Waals surface area contributed by atoms with E-state index in [9.17, 15) is 0 Å². The fraction of sp³-hybridized carbons (Fsp3) is 0.0625. The highest BCUT2D eigenvalue weighted by Crippen LogP contribution is 2.26. The van der Waals surface area contributed by atoms with Crippen molar-refractivity contribution in [3.63, 3.8) is 0 Å². The molecule has 3 N–H and O–H groups in total. The first-order valence-electron chi connectivity index (χ1n) is 6.20. The standard InChI is InChI=1S/C16H15N3/c1-11-8-13(17)10-14(9-11)19-15-6-2-4-12-5-3-7-18-16(12)15/h2-10,19H,17H2,1H3. The molecule has 3 aromatic rings. The highest BCUT2D eigenvalue weighted by molar-refractivity contribution is 5.92. The van der Waals surface area contributed by atoms with Crippen molar-refractivity contribution in [3.05, 3.63) is 60.3 Å². The highest BCUT2D eigenvalue weighted by atomic mass is 14.9. The molecular formula is C16H15N3. The number of benzene rings is 2. The summed E-state index contributed by atoms with van der Waals surface area (Å²) >= 11 is 0. The lowest BCUT2D eigenvalue weighted by Gasteiger charge is -2.10. The Kier molecular flexibility index (Phi) is 2.80. The predicted molar refractivity (Wildman–Crippen MR) is 80.6 cm³/mol. The summed E-state index contributed by atoms with van der Waals surface area (Å²) in [4.78, 5) is 4.43. The number of anilines is 3. The molecule has 3 heteroatoms. The molecule has 94 valence electrons. The molecule has 1 aromatic heterocycles. The van der Waals surface area contributed by atoms with Gasteiger partial charge in [0.05, 0.1) is 11.2 Å². The van der Waals surface area contributed by atoms with Gasteiger partial charge in [-0.2, -0.15) is 0 Å². The number of aromatic nitrogens is 1. The molecule has 0 unspecified atom stereocenters. The van der Waals surface area contributed by atoms with Crippen molar-refractivity contribution >= 4 is 28.0 Å². The molecule has 19 heavy (non-hydrogen) atoms. The van der Waals surface area contributed by atoms with Crippen molar-refractivity contribution in [1.82, 2.24) is 4.98 Å². The van der Waals surface area contributed by atoms with Crippen molar-refractivity contribution < 1.29 is 0 Å². The Balaban J connectivity index is 2.05. The lowest BCUT2D eigenvalue weighted by Crippen LogP contribution is -1.95. The SMILES string of the molecule is Cc1cc(N)cc(Nc2cccc3cccnc23)c1. The van der Waals surface area contributed by atoms with Crippen LogP contribution in [0.25, 0.3) is 10.9 Å². The zero-order valence-electron chi connectivity index (χ0n) is 10.7. The van der Waals surface area contributed by atoms with Crippen LogP contribution in [0.15, 0.2) is 54.7 Å². The van der Waals surface area contributed by atoms with E-state index in [0.29, 0.717) is 0 Å². The molecule has 0 aliphatic heterocycles. The summed E-state index contributed by atoms with van der Waals surface area (Å²) in [5.41, 5.74) is 10.7. The Labute approximate surface area is 112 Å². The predicted octanol–water partition coefficient (Wildman–Crippen LogP) is 3.87. The second-order valence-corrected chi connectivity index (χ2v) is 4.64. The van der Waals surface area contributed by atoms with Gasteiger partial charge < -0.3 is 11.1 Å². The maximum atomic E-state index is 5.87. The van der Waals surface area contributed by atoms with Gasteiger partial charge in [-0.05, 0) is 42.8 Å². The van der Waals surface area contributed by atoms with Crippen molar-refractivity contribution in [2.45, 2.75) is 6.92 Å². The third-order valence-electron chi connectivity index (χ3n) is 3.01. The quantitative estimate of drug-likeness (QED) is 0.678. The van der Waals surface area contributed by atoms with E-state index in [1.807, 2.05) is 37.3 Å². The van der Waals surface area contributed by atoms with Crippen molar-refractivity contribution in [2.75, 3.05) is 11.1 Å². The van der Waals surface area contributed by atoms with Gasteiger partial charge in [-0.15, -0.1) is 0 Å². The minimum absolute atomic E-state index is 0.760. The molecule has 0 saturated heterocycles. The van der Waals surface area contributed by atoms with Gasteiger partial charge in [0.1, 0.15) is 0 Å². The summed E-state index contributed by atoms with van der Waals surface area (Å²) in [5.74, 6) is 0. The van der Waals surface area contributed by atoms with Crippen molar-refractivity contribution in [1.29, 1.82) is 0 Å². The zero-order valence-corrected chi connectivity index (χ0v) is 10.7. The number of para-hydroxylation sites is 1. The lowest BCUT2D eigenvalue weighted by molar-refractivity contribution is 1.40. The van der Waals surface area contributed by atoms with Crippen LogP contribution in [-0.2, 0) is 0 Å². The molecule has 2 aromatic carbocycles. The second-order valence-electron chi connectivity index (χ2n) is 4.64. The highest BCUT2D eigenvalue weighted by Gasteiger charge is 2.02. The summed E-state index contributed by atoms with van der Waals surface area (Å²) in [6.07, 6.45) is 1.80. The number of nitrogens with two attached hydrogens (primary N) is 1. The molecule has 0 atom stereocenters. The monoisotopic (exact) mass is 249 g/mol. The van der Waals surface area contributed by atoms with Gasteiger partial charge in [-0.1, -0.05) is 18.2 Å². The molecule has 0 saturated carbocycles. The molecule has 0 aliphatic carbocycles. The third kappa shape index (κ3) is 2.36. The third-order valence-corrected chi connectivity index (χ3v) is 3.01. The molecule has 3 rings (SSSR count). The first-order chi connectivity index (χ1) is 9.22. The van der Waals surface area contributed by atoms with Gasteiger partial charge in [-0.25, -0.2) is 0 Å². The molecule has 0 amide bonds. The van der Waals surface area contributed by atoms with E-state index in [-0.39, 0.29) is 0 Å². The Morgan fingerprint density at radius 2 is 1.89 bits per heavy atom. The number of rotatable bonds is 2. The van der Waals surface area contributed by atoms with Crippen LogP contribution in [-0.4, -0.2) is 4.98 Å². The van der Waals surface area contributed by atoms with Crippen molar-refractivity contribution in [2.24, 2.45) is 0 Å². The van der Waals surface area contributed by atoms with Crippen molar-refractivity contribution in [3.8, 4) is 0 Å². The van der Waals surface area contributed by atoms with E-state index in [0.717, 1.165) is 33.5 Å². The Morgan fingerprint density at radius 3 is 2.74 bits per heavy atom. The second kappa shape index (κ2) is 4.61. The maximum Gasteiger partial charge on any atom is 0.0936 e. The van der Waals surface area contributed by atoms with Crippen LogP contribution in [0.4, 0.5) is 17.1 Å². The molecular weight excluding hydrogens is 234 g/mol. The average molecular weight is 249 g/mol. The maximum absolute atomic E-state index is 5.87. The first kappa shape index (κ1) is 11.5. The summed E-state index contributed by atoms with van der Waals surface area (Å²) < 4.78 is 0. The number of hydrogen-bond donors (Lipinski definition) is 2. The van der Waals surface area contributed by atoms with Gasteiger partial charge in [0.15, 0.2) is 0 Å². The van der Waals surface area contributed by atoms with Gasteiger partial charge in [-0.3, -0.25) is 4.98 Å². The number of pyridine rings is 1. The normalized spacial score (nSPS) is 10.6. The van der Waals surface area contributed by atoms with E-state index in [1.165, 1.54) is 0 Å². The van der Waals surface area contributed by atoms with Crippen LogP contribution in [0.1, 0.15) is 5.56 Å². The largest absolute Gasteiger partial charge is 0.399 e. The molecule has 0 fully saturated rings. The van der Waals surface area contributed by atoms with Crippen LogP contribution < -0.4 is 11.1 Å². The number of fused-ring (bicyclic) bond motifs is 1. The first-order valence-corrected chi connectivity index (χ1v) is 6.20. The number of nitrogens with zero attached hydrogens (tertiary/aromatic N) is 1. The van der Waals surface area contributed by atoms with E-state index in [2.05, 4.69) is 28.5 Å². The smallest absolute Gasteiger partial charge is 0.0936 e. The fourth-order valence-corrected chi connectivity index (χ4v) is 2.25. The number of nitrogen functional groups attached to an aromatic ring is 1. The van der Waals surface area contributed by atoms with Crippen LogP contribution >= 0.6 is 0 Å². The van der Waals surface area contributed by atoms with Gasteiger partial charge in [0.2, 0.25) is 0 Å². The summed E-state index contributed by atoms with van der Waals surface area (Å²) in [5, 5.41) is 4.50. The van der Waals surface area contributed by atoms with Crippen LogP contribution in [0.5, 0.6) is 0 Å². The molecule has 0 spiro atoms. The van der Waals surface area contributed by atoms with Gasteiger partial charge in [0.25, 0.3) is 0 Å². The van der Waals surface area contributed by atoms with Gasteiger partial charge >= 0.3 is 0 Å². The van der Waals surface area contributed by atoms with Crippen LogP contribution in [0.3, 0.4) is 0 Å². The zero-order chi connectivity index (χ0) is 13.2. The Hall–Kier alpha value is -2.55. The van der Waals surface area contributed by atoms with E-state index < -0.39 is 0 Å². The lowest BCUT2D eigenvalue weighted by atomic mass is 10.1. The topological polar surface area (TPSA) is 50.9 Å². The summed E-state index contributed by atoms with van der Waals surface area (Å²) in [7, 11) is 0. The number of nitrogens with one attached hydrogen (secondary N) is 1. The molecule has 0 bridgehead atoms. The van der Waals surface area contributed by atoms with E-state index >= 15 is 0 Å². The molecule has 3 nitrogen and oxygen atoms in total. The van der Waals surface area contributed by atoms with E-state index in [4.69, 9.17) is 5.73 Å². The molecule has 0 aliphatic rings. The number of aryl methyl sites for hydroxylation is 1. The van der Waals surface area contributed by atoms with Crippen LogP contribution in [0, 0.1) is 6.92 Å². The minimum Gasteiger partial charge on any atom is -0.399 e. The van der Waals surface area contributed by atoms with Gasteiger partial charge in [0, 0.05) is 23.0 Å². The van der Waals surface area contributed by atoms with E-state index in [1.54, 1.807) is 6.20 Å².